The van der Waals surface area contributed by atoms with E-state index in [0.29, 0.717) is 17.7 Å². The summed E-state index contributed by atoms with van der Waals surface area (Å²) in [7, 11) is 1.50. The van der Waals surface area contributed by atoms with E-state index in [9.17, 15) is 13.6 Å². The second-order valence-corrected chi connectivity index (χ2v) is 5.69. The first-order chi connectivity index (χ1) is 12.5. The van der Waals surface area contributed by atoms with Gasteiger partial charge in [-0.15, -0.1) is 0 Å². The van der Waals surface area contributed by atoms with E-state index in [1.54, 1.807) is 18.2 Å². The van der Waals surface area contributed by atoms with Gasteiger partial charge in [-0.25, -0.2) is 13.6 Å². The van der Waals surface area contributed by atoms with E-state index in [-0.39, 0.29) is 17.9 Å². The SMILES string of the molecule is CCc1cccc(-n2nnn(C)c2=O)c1COc1ccccc1C(F)F. The average molecular weight is 360 g/mol. The third-order valence-electron chi connectivity index (χ3n) is 4.11. The number of rotatable bonds is 6. The number of tetrazole rings is 1. The van der Waals surface area contributed by atoms with Gasteiger partial charge in [-0.1, -0.05) is 31.2 Å². The summed E-state index contributed by atoms with van der Waals surface area (Å²) in [5, 5.41) is 7.59. The third-order valence-corrected chi connectivity index (χ3v) is 4.11. The first-order valence-electron chi connectivity index (χ1n) is 8.13. The van der Waals surface area contributed by atoms with Gasteiger partial charge in [0, 0.05) is 12.6 Å². The van der Waals surface area contributed by atoms with E-state index in [0.717, 1.165) is 10.2 Å². The maximum absolute atomic E-state index is 13.2. The molecule has 3 rings (SSSR count). The summed E-state index contributed by atoms with van der Waals surface area (Å²) in [5.74, 6) is 0.117. The van der Waals surface area contributed by atoms with Crippen LogP contribution in [0.1, 0.15) is 30.0 Å². The molecule has 1 aromatic heterocycles. The summed E-state index contributed by atoms with van der Waals surface area (Å²) in [4.78, 5) is 12.2. The molecule has 0 fully saturated rings. The molecule has 0 aliphatic carbocycles. The van der Waals surface area contributed by atoms with E-state index in [4.69, 9.17) is 4.74 Å². The van der Waals surface area contributed by atoms with Crippen LogP contribution in [-0.4, -0.2) is 19.8 Å². The summed E-state index contributed by atoms with van der Waals surface area (Å²) < 4.78 is 34.3. The number of hydrogen-bond donors (Lipinski definition) is 0. The van der Waals surface area contributed by atoms with Gasteiger partial charge >= 0.3 is 5.69 Å². The number of halogens is 2. The molecule has 0 amide bonds. The number of aryl methyl sites for hydroxylation is 2. The van der Waals surface area contributed by atoms with E-state index >= 15 is 0 Å². The van der Waals surface area contributed by atoms with Gasteiger partial charge in [0.25, 0.3) is 6.43 Å². The molecule has 0 spiro atoms. The van der Waals surface area contributed by atoms with E-state index in [1.165, 1.54) is 23.9 Å². The van der Waals surface area contributed by atoms with Crippen LogP contribution in [0.3, 0.4) is 0 Å². The first-order valence-corrected chi connectivity index (χ1v) is 8.13. The molecule has 2 aromatic carbocycles. The average Bonchev–Trinajstić information content (AvgIpc) is 2.98. The maximum Gasteiger partial charge on any atom is 0.368 e. The molecular weight excluding hydrogens is 342 g/mol. The maximum atomic E-state index is 13.2. The molecule has 6 nitrogen and oxygen atoms in total. The summed E-state index contributed by atoms with van der Waals surface area (Å²) in [6, 6.07) is 11.5. The highest BCUT2D eigenvalue weighted by Gasteiger charge is 2.17. The molecule has 3 aromatic rings. The minimum Gasteiger partial charge on any atom is -0.488 e. The molecule has 1 heterocycles. The molecule has 0 atom stereocenters. The van der Waals surface area contributed by atoms with Crippen molar-refractivity contribution in [3.63, 3.8) is 0 Å². The largest absolute Gasteiger partial charge is 0.488 e. The van der Waals surface area contributed by atoms with Crippen LogP contribution in [0.5, 0.6) is 5.75 Å². The zero-order valence-electron chi connectivity index (χ0n) is 14.4. The van der Waals surface area contributed by atoms with Crippen LogP contribution in [-0.2, 0) is 20.1 Å². The van der Waals surface area contributed by atoms with Gasteiger partial charge in [0.15, 0.2) is 0 Å². The van der Waals surface area contributed by atoms with Crippen molar-refractivity contribution in [2.45, 2.75) is 26.4 Å². The van der Waals surface area contributed by atoms with E-state index in [2.05, 4.69) is 10.4 Å². The smallest absolute Gasteiger partial charge is 0.368 e. The minimum absolute atomic E-state index is 0.0338. The molecular formula is C18H18F2N4O2. The van der Waals surface area contributed by atoms with Crippen LogP contribution in [0.4, 0.5) is 8.78 Å². The molecule has 0 saturated carbocycles. The lowest BCUT2D eigenvalue weighted by molar-refractivity contribution is 0.144. The number of aromatic nitrogens is 4. The second-order valence-electron chi connectivity index (χ2n) is 5.69. The Morgan fingerprint density at radius 2 is 1.88 bits per heavy atom. The van der Waals surface area contributed by atoms with Gasteiger partial charge < -0.3 is 4.74 Å². The Labute approximate surface area is 148 Å². The van der Waals surface area contributed by atoms with Crippen molar-refractivity contribution in [2.24, 2.45) is 7.05 Å². The number of para-hydroxylation sites is 1. The van der Waals surface area contributed by atoms with Crippen molar-refractivity contribution in [3.8, 4) is 11.4 Å². The highest BCUT2D eigenvalue weighted by atomic mass is 19.3. The first kappa shape index (κ1) is 17.8. The van der Waals surface area contributed by atoms with Crippen molar-refractivity contribution < 1.29 is 13.5 Å². The van der Waals surface area contributed by atoms with E-state index in [1.807, 2.05) is 19.1 Å². The number of alkyl halides is 2. The Bertz CT molecular complexity index is 966. The fourth-order valence-corrected chi connectivity index (χ4v) is 2.72. The van der Waals surface area contributed by atoms with Crippen molar-refractivity contribution >= 4 is 0 Å². The Morgan fingerprint density at radius 3 is 2.54 bits per heavy atom. The topological polar surface area (TPSA) is 61.9 Å². The fourth-order valence-electron chi connectivity index (χ4n) is 2.72. The van der Waals surface area contributed by atoms with E-state index < -0.39 is 12.1 Å². The van der Waals surface area contributed by atoms with Crippen LogP contribution in [0.2, 0.25) is 0 Å². The number of ether oxygens (including phenoxy) is 1. The standard InChI is InChI=1S/C18H18F2N4O2/c1-3-12-7-6-9-15(24-18(25)23(2)21-22-24)14(12)11-26-16-10-5-4-8-13(16)17(19)20/h4-10,17H,3,11H2,1-2H3. The van der Waals surface area contributed by atoms with Crippen LogP contribution < -0.4 is 10.4 Å². The van der Waals surface area contributed by atoms with Gasteiger partial charge in [0.2, 0.25) is 0 Å². The lowest BCUT2D eigenvalue weighted by Crippen LogP contribution is -2.23. The van der Waals surface area contributed by atoms with Crippen LogP contribution in [0, 0.1) is 0 Å². The molecule has 0 unspecified atom stereocenters. The quantitative estimate of drug-likeness (QED) is 0.678. The summed E-state index contributed by atoms with van der Waals surface area (Å²) >= 11 is 0. The lowest BCUT2D eigenvalue weighted by Gasteiger charge is -2.15. The molecule has 136 valence electrons. The Hall–Kier alpha value is -3.03. The van der Waals surface area contributed by atoms with Gasteiger partial charge in [-0.3, -0.25) is 0 Å². The normalized spacial score (nSPS) is 11.1. The van der Waals surface area contributed by atoms with Crippen molar-refractivity contribution in [1.29, 1.82) is 0 Å². The molecule has 0 N–H and O–H groups in total. The van der Waals surface area contributed by atoms with Gasteiger partial charge in [-0.2, -0.15) is 9.36 Å². The van der Waals surface area contributed by atoms with Gasteiger partial charge in [0.05, 0.1) is 11.3 Å². The Morgan fingerprint density at radius 1 is 1.12 bits per heavy atom. The molecule has 8 heteroatoms. The molecule has 0 bridgehead atoms. The monoisotopic (exact) mass is 360 g/mol. The predicted molar refractivity (Wildman–Crippen MR) is 91.7 cm³/mol. The minimum atomic E-state index is -2.63. The zero-order chi connectivity index (χ0) is 18.7. The molecule has 0 saturated heterocycles. The highest BCUT2D eigenvalue weighted by Crippen LogP contribution is 2.30. The number of hydrogen-bond acceptors (Lipinski definition) is 4. The molecule has 26 heavy (non-hydrogen) atoms. The van der Waals surface area contributed by atoms with Gasteiger partial charge in [0.1, 0.15) is 12.4 Å². The third kappa shape index (κ3) is 3.35. The number of benzene rings is 2. The summed E-state index contributed by atoms with van der Waals surface area (Å²) in [6.07, 6.45) is -1.94. The zero-order valence-corrected chi connectivity index (χ0v) is 14.4. The molecule has 0 radical (unpaired) electrons. The molecule has 0 aliphatic rings. The lowest BCUT2D eigenvalue weighted by atomic mass is 10.0. The van der Waals surface area contributed by atoms with Crippen LogP contribution in [0.25, 0.3) is 5.69 Å². The Balaban J connectivity index is 2.00. The van der Waals surface area contributed by atoms with Gasteiger partial charge in [-0.05, 0) is 40.6 Å². The van der Waals surface area contributed by atoms with Crippen molar-refractivity contribution in [1.82, 2.24) is 19.8 Å². The summed E-state index contributed by atoms with van der Waals surface area (Å²) in [6.45, 7) is 2.00. The predicted octanol–water partition coefficient (Wildman–Crippen LogP) is 3.05. The number of nitrogens with zero attached hydrogens (tertiary/aromatic N) is 4. The van der Waals surface area contributed by atoms with Crippen molar-refractivity contribution in [2.75, 3.05) is 0 Å². The van der Waals surface area contributed by atoms with Crippen molar-refractivity contribution in [3.05, 3.63) is 69.6 Å². The fraction of sp³-hybridized carbons (Fsp3) is 0.278. The highest BCUT2D eigenvalue weighted by molar-refractivity contribution is 5.45. The van der Waals surface area contributed by atoms with Crippen LogP contribution in [0.15, 0.2) is 47.3 Å². The Kier molecular flexibility index (Phi) is 5.11. The summed E-state index contributed by atoms with van der Waals surface area (Å²) in [5.41, 5.74) is 1.61. The second kappa shape index (κ2) is 7.47. The van der Waals surface area contributed by atoms with Crippen LogP contribution >= 0.6 is 0 Å². The molecule has 0 aliphatic heterocycles.